The molecule has 7 heteroatoms. The quantitative estimate of drug-likeness (QED) is 0.548. The second-order valence-electron chi connectivity index (χ2n) is 9.84. The summed E-state index contributed by atoms with van der Waals surface area (Å²) >= 11 is 0. The molecule has 2 aromatic carbocycles. The van der Waals surface area contributed by atoms with E-state index < -0.39 is 23.5 Å². The number of alkyl halides is 1. The number of benzene rings is 2. The van der Waals surface area contributed by atoms with Crippen LogP contribution in [-0.2, 0) is 12.2 Å². The third-order valence-electron chi connectivity index (χ3n) is 7.49. The standard InChI is InChI=1S/C28H31F2N3O2/c29-22-10-6-9-21-19(18-33-15-13-28(30,14-16-33)20-7-2-1-3-8-20)17-24(31-26(21)22)27(35)32-23-11-4-5-12-25(23)34/h1-3,6-10,17,23,25,34H,4-5,11-16,18H2,(H,32,35). The van der Waals surface area contributed by atoms with Crippen molar-refractivity contribution in [2.45, 2.75) is 62.9 Å². The molecule has 0 spiro atoms. The Morgan fingerprint density at radius 2 is 1.83 bits per heavy atom. The van der Waals surface area contributed by atoms with Gasteiger partial charge in [0.2, 0.25) is 0 Å². The Morgan fingerprint density at radius 3 is 2.57 bits per heavy atom. The van der Waals surface area contributed by atoms with Crippen molar-refractivity contribution in [3.05, 3.63) is 77.2 Å². The zero-order chi connectivity index (χ0) is 24.4. The van der Waals surface area contributed by atoms with Crippen molar-refractivity contribution in [3.63, 3.8) is 0 Å². The molecule has 2 heterocycles. The first-order chi connectivity index (χ1) is 16.9. The number of likely N-dealkylation sites (tertiary alicyclic amines) is 1. The van der Waals surface area contributed by atoms with E-state index in [1.54, 1.807) is 18.2 Å². The summed E-state index contributed by atoms with van der Waals surface area (Å²) in [6, 6.07) is 15.4. The van der Waals surface area contributed by atoms with Crippen molar-refractivity contribution in [1.82, 2.24) is 15.2 Å². The second kappa shape index (κ2) is 9.99. The van der Waals surface area contributed by atoms with Gasteiger partial charge >= 0.3 is 0 Å². The maximum atomic E-state index is 15.6. The second-order valence-corrected chi connectivity index (χ2v) is 9.84. The van der Waals surface area contributed by atoms with Gasteiger partial charge in [-0.05, 0) is 48.9 Å². The van der Waals surface area contributed by atoms with Gasteiger partial charge in [-0.1, -0.05) is 55.3 Å². The SMILES string of the molecule is O=C(NC1CCCCC1O)c1cc(CN2CCC(F)(c3ccccc3)CC2)c2cccc(F)c2n1. The molecular weight excluding hydrogens is 448 g/mol. The summed E-state index contributed by atoms with van der Waals surface area (Å²) in [5.41, 5.74) is 0.433. The van der Waals surface area contributed by atoms with Crippen molar-refractivity contribution >= 4 is 16.8 Å². The summed E-state index contributed by atoms with van der Waals surface area (Å²) in [5.74, 6) is -0.894. The van der Waals surface area contributed by atoms with Gasteiger partial charge in [0.05, 0.1) is 12.1 Å². The van der Waals surface area contributed by atoms with Crippen LogP contribution in [0.4, 0.5) is 8.78 Å². The van der Waals surface area contributed by atoms with Gasteiger partial charge in [-0.2, -0.15) is 0 Å². The van der Waals surface area contributed by atoms with Gasteiger partial charge in [0.25, 0.3) is 5.91 Å². The molecule has 2 unspecified atom stereocenters. The van der Waals surface area contributed by atoms with Crippen LogP contribution in [0, 0.1) is 5.82 Å². The highest BCUT2D eigenvalue weighted by Crippen LogP contribution is 2.37. The lowest BCUT2D eigenvalue weighted by molar-refractivity contribution is 0.0527. The molecule has 1 aliphatic carbocycles. The molecule has 1 amide bonds. The van der Waals surface area contributed by atoms with Crippen LogP contribution in [0.2, 0.25) is 0 Å². The molecule has 0 bridgehead atoms. The van der Waals surface area contributed by atoms with Gasteiger partial charge < -0.3 is 10.4 Å². The number of para-hydroxylation sites is 1. The smallest absolute Gasteiger partial charge is 0.270 e. The molecule has 2 atom stereocenters. The van der Waals surface area contributed by atoms with Crippen molar-refractivity contribution in [2.24, 2.45) is 0 Å². The number of pyridine rings is 1. The number of aliphatic hydroxyl groups excluding tert-OH is 1. The predicted octanol–water partition coefficient (Wildman–Crippen LogP) is 4.87. The van der Waals surface area contributed by atoms with E-state index in [1.165, 1.54) is 6.07 Å². The lowest BCUT2D eigenvalue weighted by Gasteiger charge is -2.37. The Hall–Kier alpha value is -2.90. The molecular formula is C28H31F2N3O2. The number of aromatic nitrogens is 1. The lowest BCUT2D eigenvalue weighted by atomic mass is 9.86. The molecule has 2 aliphatic rings. The maximum absolute atomic E-state index is 15.6. The van der Waals surface area contributed by atoms with Crippen LogP contribution in [0.15, 0.2) is 54.6 Å². The molecule has 35 heavy (non-hydrogen) atoms. The van der Waals surface area contributed by atoms with Crippen LogP contribution in [0.3, 0.4) is 0 Å². The number of halogens is 2. The first-order valence-electron chi connectivity index (χ1n) is 12.5. The van der Waals surface area contributed by atoms with E-state index in [1.807, 2.05) is 30.3 Å². The summed E-state index contributed by atoms with van der Waals surface area (Å²) in [5, 5.41) is 13.8. The van der Waals surface area contributed by atoms with Crippen LogP contribution in [0.1, 0.15) is 60.1 Å². The van der Waals surface area contributed by atoms with E-state index in [4.69, 9.17) is 0 Å². The van der Waals surface area contributed by atoms with Crippen molar-refractivity contribution in [1.29, 1.82) is 0 Å². The Labute approximate surface area is 204 Å². The zero-order valence-electron chi connectivity index (χ0n) is 19.7. The van der Waals surface area contributed by atoms with E-state index in [-0.39, 0.29) is 17.3 Å². The zero-order valence-corrected chi connectivity index (χ0v) is 19.7. The van der Waals surface area contributed by atoms with Gasteiger partial charge in [0.1, 0.15) is 22.7 Å². The molecule has 184 valence electrons. The summed E-state index contributed by atoms with van der Waals surface area (Å²) in [7, 11) is 0. The Balaban J connectivity index is 1.37. The number of fused-ring (bicyclic) bond motifs is 1. The van der Waals surface area contributed by atoms with Crippen LogP contribution in [-0.4, -0.2) is 46.1 Å². The van der Waals surface area contributed by atoms with E-state index >= 15 is 4.39 Å². The van der Waals surface area contributed by atoms with Crippen LogP contribution >= 0.6 is 0 Å². The molecule has 0 radical (unpaired) electrons. The molecule has 1 aromatic heterocycles. The fourth-order valence-corrected chi connectivity index (χ4v) is 5.38. The first kappa shape index (κ1) is 23.8. The lowest BCUT2D eigenvalue weighted by Crippen LogP contribution is -2.45. The number of nitrogens with one attached hydrogen (secondary N) is 1. The summed E-state index contributed by atoms with van der Waals surface area (Å²) in [4.78, 5) is 19.5. The minimum absolute atomic E-state index is 0.136. The van der Waals surface area contributed by atoms with Crippen molar-refractivity contribution in [3.8, 4) is 0 Å². The summed E-state index contributed by atoms with van der Waals surface area (Å²) in [6.45, 7) is 1.58. The van der Waals surface area contributed by atoms with Gasteiger partial charge in [-0.25, -0.2) is 13.8 Å². The number of piperidine rings is 1. The molecule has 5 rings (SSSR count). The molecule has 2 N–H and O–H groups in total. The normalized spacial score (nSPS) is 22.7. The van der Waals surface area contributed by atoms with Gasteiger partial charge in [-0.3, -0.25) is 9.69 Å². The highest BCUT2D eigenvalue weighted by Gasteiger charge is 2.36. The number of hydrogen-bond acceptors (Lipinski definition) is 4. The third-order valence-corrected chi connectivity index (χ3v) is 7.49. The number of carbonyl (C=O) groups is 1. The van der Waals surface area contributed by atoms with Crippen molar-refractivity contribution in [2.75, 3.05) is 13.1 Å². The summed E-state index contributed by atoms with van der Waals surface area (Å²) < 4.78 is 30.3. The largest absolute Gasteiger partial charge is 0.391 e. The van der Waals surface area contributed by atoms with Crippen LogP contribution in [0.5, 0.6) is 0 Å². The fourth-order valence-electron chi connectivity index (χ4n) is 5.38. The van der Waals surface area contributed by atoms with Gasteiger partial charge in [-0.15, -0.1) is 0 Å². The van der Waals surface area contributed by atoms with E-state index in [0.717, 1.165) is 18.4 Å². The summed E-state index contributed by atoms with van der Waals surface area (Å²) in [6.07, 6.45) is 3.43. The number of hydrogen-bond donors (Lipinski definition) is 2. The molecule has 3 aromatic rings. The average Bonchev–Trinajstić information content (AvgIpc) is 2.88. The first-order valence-corrected chi connectivity index (χ1v) is 12.5. The molecule has 1 saturated carbocycles. The Bertz CT molecular complexity index is 1200. The van der Waals surface area contributed by atoms with E-state index in [9.17, 15) is 14.3 Å². The third kappa shape index (κ3) is 5.07. The number of rotatable bonds is 5. The van der Waals surface area contributed by atoms with E-state index in [0.29, 0.717) is 56.3 Å². The minimum Gasteiger partial charge on any atom is -0.391 e. The minimum atomic E-state index is -1.35. The number of nitrogens with zero attached hydrogens (tertiary/aromatic N) is 2. The number of aliphatic hydroxyl groups is 1. The number of amides is 1. The van der Waals surface area contributed by atoms with Gasteiger partial charge in [0.15, 0.2) is 0 Å². The fraction of sp³-hybridized carbons (Fsp3) is 0.429. The van der Waals surface area contributed by atoms with Gasteiger partial charge in [0, 0.05) is 25.0 Å². The molecule has 1 saturated heterocycles. The monoisotopic (exact) mass is 479 g/mol. The molecule has 1 aliphatic heterocycles. The maximum Gasteiger partial charge on any atom is 0.270 e. The number of carbonyl (C=O) groups excluding carboxylic acids is 1. The molecule has 5 nitrogen and oxygen atoms in total. The highest BCUT2D eigenvalue weighted by atomic mass is 19.1. The van der Waals surface area contributed by atoms with Crippen LogP contribution < -0.4 is 5.32 Å². The topological polar surface area (TPSA) is 65.5 Å². The van der Waals surface area contributed by atoms with Crippen LogP contribution in [0.25, 0.3) is 10.9 Å². The predicted molar refractivity (Wildman–Crippen MR) is 131 cm³/mol. The highest BCUT2D eigenvalue weighted by molar-refractivity contribution is 5.96. The van der Waals surface area contributed by atoms with Crippen molar-refractivity contribution < 1.29 is 18.7 Å². The average molecular weight is 480 g/mol. The van der Waals surface area contributed by atoms with E-state index in [2.05, 4.69) is 15.2 Å². The Morgan fingerprint density at radius 1 is 1.09 bits per heavy atom. The Kier molecular flexibility index (Phi) is 6.80. The molecule has 2 fully saturated rings.